The number of Topliss-reactive ketones (excluding diaryl/α,β-unsaturated/α-hetero) is 1. The van der Waals surface area contributed by atoms with Crippen molar-refractivity contribution in [3.8, 4) is 0 Å². The van der Waals surface area contributed by atoms with Gasteiger partial charge in [0, 0.05) is 12.7 Å². The molecule has 1 aromatic rings. The van der Waals surface area contributed by atoms with Crippen LogP contribution < -0.4 is 5.73 Å². The van der Waals surface area contributed by atoms with E-state index in [1.807, 2.05) is 14.0 Å². The van der Waals surface area contributed by atoms with E-state index in [4.69, 9.17) is 5.73 Å². The Kier molecular flexibility index (Phi) is 4.24. The molecular weight excluding hydrogens is 202 g/mol. The van der Waals surface area contributed by atoms with Crippen molar-refractivity contribution in [2.75, 3.05) is 0 Å². The van der Waals surface area contributed by atoms with Gasteiger partial charge < -0.3 is 5.73 Å². The van der Waals surface area contributed by atoms with Crippen molar-refractivity contribution in [3.63, 3.8) is 0 Å². The van der Waals surface area contributed by atoms with E-state index < -0.39 is 6.04 Å². The van der Waals surface area contributed by atoms with Gasteiger partial charge in [-0.1, -0.05) is 13.8 Å². The van der Waals surface area contributed by atoms with E-state index >= 15 is 0 Å². The van der Waals surface area contributed by atoms with Gasteiger partial charge in [-0.25, -0.2) is 0 Å². The molecule has 0 bridgehead atoms. The fourth-order valence-electron chi connectivity index (χ4n) is 1.51. The van der Waals surface area contributed by atoms with Gasteiger partial charge >= 0.3 is 0 Å². The highest BCUT2D eigenvalue weighted by molar-refractivity contribution is 5.98. The van der Waals surface area contributed by atoms with Crippen LogP contribution in [0.2, 0.25) is 0 Å². The number of nitrogens with zero attached hydrogens (tertiary/aromatic N) is 2. The Bertz CT molecular complexity index is 349. The fourth-order valence-corrected chi connectivity index (χ4v) is 1.51. The maximum absolute atomic E-state index is 11.9. The predicted octanol–water partition coefficient (Wildman–Crippen LogP) is 1.67. The zero-order valence-electron chi connectivity index (χ0n) is 10.5. The Morgan fingerprint density at radius 2 is 2.12 bits per heavy atom. The third-order valence-corrected chi connectivity index (χ3v) is 2.76. The van der Waals surface area contributed by atoms with Gasteiger partial charge in [0.15, 0.2) is 5.78 Å². The smallest absolute Gasteiger partial charge is 0.199 e. The molecule has 0 saturated carbocycles. The molecule has 4 nitrogen and oxygen atoms in total. The molecule has 4 heteroatoms. The summed E-state index contributed by atoms with van der Waals surface area (Å²) in [5.41, 5.74) is 7.31. The second-order valence-electron chi connectivity index (χ2n) is 4.74. The minimum absolute atomic E-state index is 0.0515. The van der Waals surface area contributed by atoms with E-state index in [0.29, 0.717) is 11.6 Å². The summed E-state index contributed by atoms with van der Waals surface area (Å²) >= 11 is 0. The molecule has 0 aliphatic carbocycles. The number of aryl methyl sites for hydroxylation is 2. The molecule has 1 unspecified atom stereocenters. The largest absolute Gasteiger partial charge is 0.321 e. The molecule has 1 rings (SSSR count). The molecule has 0 saturated heterocycles. The van der Waals surface area contributed by atoms with Crippen LogP contribution in [0.3, 0.4) is 0 Å². The van der Waals surface area contributed by atoms with Gasteiger partial charge in [0.05, 0.1) is 6.04 Å². The first-order valence-corrected chi connectivity index (χ1v) is 5.72. The lowest BCUT2D eigenvalue weighted by Gasteiger charge is -2.10. The van der Waals surface area contributed by atoms with E-state index in [1.165, 1.54) is 0 Å². The third-order valence-electron chi connectivity index (χ3n) is 2.76. The molecule has 2 N–H and O–H groups in total. The highest BCUT2D eigenvalue weighted by Crippen LogP contribution is 2.10. The number of carbonyl (C=O) groups excluding carboxylic acids is 1. The average molecular weight is 223 g/mol. The second-order valence-corrected chi connectivity index (χ2v) is 4.74. The summed E-state index contributed by atoms with van der Waals surface area (Å²) in [6.07, 6.45) is 1.70. The summed E-state index contributed by atoms with van der Waals surface area (Å²) < 4.78 is 1.70. The molecule has 1 atom stereocenters. The first-order chi connectivity index (χ1) is 7.41. The molecule has 0 amide bonds. The Morgan fingerprint density at radius 3 is 2.56 bits per heavy atom. The van der Waals surface area contributed by atoms with E-state index in [1.54, 1.807) is 10.7 Å². The number of hydrogen-bond acceptors (Lipinski definition) is 3. The Labute approximate surface area is 96.8 Å². The van der Waals surface area contributed by atoms with E-state index in [0.717, 1.165) is 18.5 Å². The number of hydrogen-bond donors (Lipinski definition) is 1. The standard InChI is InChI=1S/C12H21N3O/c1-8(2)5-6-10(13)12(16)11-7-9(3)15(4)14-11/h7-8,10H,5-6,13H2,1-4H3. The fraction of sp³-hybridized carbons (Fsp3) is 0.667. The molecule has 0 aliphatic heterocycles. The average Bonchev–Trinajstić information content (AvgIpc) is 2.54. The van der Waals surface area contributed by atoms with Gasteiger partial charge in [0.2, 0.25) is 0 Å². The monoisotopic (exact) mass is 223 g/mol. The van der Waals surface area contributed by atoms with Crippen LogP contribution in [-0.4, -0.2) is 21.6 Å². The highest BCUT2D eigenvalue weighted by Gasteiger charge is 2.19. The molecule has 0 fully saturated rings. The van der Waals surface area contributed by atoms with Crippen LogP contribution in [0, 0.1) is 12.8 Å². The maximum atomic E-state index is 11.9. The molecule has 90 valence electrons. The minimum atomic E-state index is -0.420. The number of rotatable bonds is 5. The van der Waals surface area contributed by atoms with E-state index in [9.17, 15) is 4.79 Å². The molecule has 0 spiro atoms. The number of ketones is 1. The zero-order chi connectivity index (χ0) is 12.3. The van der Waals surface area contributed by atoms with Crippen LogP contribution in [-0.2, 0) is 7.05 Å². The molecule has 0 aliphatic rings. The quantitative estimate of drug-likeness (QED) is 0.772. The predicted molar refractivity (Wildman–Crippen MR) is 64.3 cm³/mol. The van der Waals surface area contributed by atoms with Crippen LogP contribution in [0.4, 0.5) is 0 Å². The normalized spacial score (nSPS) is 13.1. The highest BCUT2D eigenvalue weighted by atomic mass is 16.1. The molecule has 16 heavy (non-hydrogen) atoms. The van der Waals surface area contributed by atoms with Crippen molar-refractivity contribution in [1.82, 2.24) is 9.78 Å². The summed E-state index contributed by atoms with van der Waals surface area (Å²) in [6.45, 7) is 6.17. The van der Waals surface area contributed by atoms with Crippen molar-refractivity contribution < 1.29 is 4.79 Å². The summed E-state index contributed by atoms with van der Waals surface area (Å²) in [7, 11) is 1.83. The van der Waals surface area contributed by atoms with Crippen molar-refractivity contribution in [2.24, 2.45) is 18.7 Å². The second kappa shape index (κ2) is 5.25. The Hall–Kier alpha value is -1.16. The lowest BCUT2D eigenvalue weighted by molar-refractivity contribution is 0.0949. The van der Waals surface area contributed by atoms with Crippen LogP contribution in [0.5, 0.6) is 0 Å². The lowest BCUT2D eigenvalue weighted by Crippen LogP contribution is -2.31. The van der Waals surface area contributed by atoms with Gasteiger partial charge in [-0.2, -0.15) is 5.10 Å². The molecule has 1 heterocycles. The number of nitrogens with two attached hydrogens (primary N) is 1. The topological polar surface area (TPSA) is 60.9 Å². The summed E-state index contributed by atoms with van der Waals surface area (Å²) in [5.74, 6) is 0.522. The Balaban J connectivity index is 2.63. The molecular formula is C12H21N3O. The minimum Gasteiger partial charge on any atom is -0.321 e. The van der Waals surface area contributed by atoms with E-state index in [-0.39, 0.29) is 5.78 Å². The number of carbonyl (C=O) groups is 1. The van der Waals surface area contributed by atoms with Crippen LogP contribution in [0.1, 0.15) is 42.9 Å². The maximum Gasteiger partial charge on any atom is 0.199 e. The molecule has 1 aromatic heterocycles. The Morgan fingerprint density at radius 1 is 1.50 bits per heavy atom. The van der Waals surface area contributed by atoms with Gasteiger partial charge in [-0.05, 0) is 31.7 Å². The first kappa shape index (κ1) is 12.9. The van der Waals surface area contributed by atoms with Gasteiger partial charge in [0.1, 0.15) is 5.69 Å². The number of aromatic nitrogens is 2. The third kappa shape index (κ3) is 3.17. The summed E-state index contributed by atoms with van der Waals surface area (Å²) in [4.78, 5) is 11.9. The van der Waals surface area contributed by atoms with Crippen molar-refractivity contribution in [3.05, 3.63) is 17.5 Å². The van der Waals surface area contributed by atoms with Gasteiger partial charge in [-0.3, -0.25) is 9.48 Å². The van der Waals surface area contributed by atoms with Gasteiger partial charge in [-0.15, -0.1) is 0 Å². The van der Waals surface area contributed by atoms with Crippen molar-refractivity contribution in [1.29, 1.82) is 0 Å². The summed E-state index contributed by atoms with van der Waals surface area (Å²) in [5, 5.41) is 4.15. The van der Waals surface area contributed by atoms with Crippen LogP contribution in [0.25, 0.3) is 0 Å². The van der Waals surface area contributed by atoms with Crippen molar-refractivity contribution >= 4 is 5.78 Å². The summed E-state index contributed by atoms with van der Waals surface area (Å²) in [6, 6.07) is 1.37. The molecule has 0 aromatic carbocycles. The van der Waals surface area contributed by atoms with Crippen molar-refractivity contribution in [2.45, 2.75) is 39.7 Å². The lowest BCUT2D eigenvalue weighted by atomic mass is 10.00. The first-order valence-electron chi connectivity index (χ1n) is 5.72. The van der Waals surface area contributed by atoms with Crippen LogP contribution in [0.15, 0.2) is 6.07 Å². The zero-order valence-corrected chi connectivity index (χ0v) is 10.5. The van der Waals surface area contributed by atoms with E-state index in [2.05, 4.69) is 18.9 Å². The SMILES string of the molecule is Cc1cc(C(=O)C(N)CCC(C)C)nn1C. The van der Waals surface area contributed by atoms with Gasteiger partial charge in [0.25, 0.3) is 0 Å². The van der Waals surface area contributed by atoms with Crippen LogP contribution >= 0.6 is 0 Å². The molecule has 0 radical (unpaired) electrons.